The number of carbonyl (C=O) groups is 1. The van der Waals surface area contributed by atoms with Crippen LogP contribution in [0.4, 0.5) is 0 Å². The summed E-state index contributed by atoms with van der Waals surface area (Å²) < 4.78 is 33.7. The standard InChI is InChI=1S/C9H12N2O7S/c1-5-4-6(12)11(2-3-18-19(15,16)17)9(14)7(5)8(10)13/h4,14H,2-3H2,1H3,(H2,10,13)(H,15,16,17). The minimum Gasteiger partial charge on any atom is -0.494 e. The Kier molecular flexibility index (Phi) is 4.29. The van der Waals surface area contributed by atoms with Crippen molar-refractivity contribution in [2.24, 2.45) is 5.73 Å². The van der Waals surface area contributed by atoms with Crippen LogP contribution in [0.5, 0.6) is 5.88 Å². The van der Waals surface area contributed by atoms with E-state index >= 15 is 0 Å². The maximum Gasteiger partial charge on any atom is 0.397 e. The average molecular weight is 292 g/mol. The lowest BCUT2D eigenvalue weighted by Crippen LogP contribution is -2.26. The predicted octanol–water partition coefficient (Wildman–Crippen LogP) is -1.22. The first-order valence-electron chi connectivity index (χ1n) is 4.98. The molecular formula is C9H12N2O7S. The van der Waals surface area contributed by atoms with Crippen molar-refractivity contribution < 1.29 is 27.1 Å². The van der Waals surface area contributed by atoms with Crippen LogP contribution >= 0.6 is 0 Å². The molecule has 0 unspecified atom stereocenters. The van der Waals surface area contributed by atoms with Crippen molar-refractivity contribution >= 4 is 16.3 Å². The number of hydrogen-bond acceptors (Lipinski definition) is 6. The van der Waals surface area contributed by atoms with Crippen LogP contribution in [-0.4, -0.2) is 35.2 Å². The first kappa shape index (κ1) is 15.1. The summed E-state index contributed by atoms with van der Waals surface area (Å²) >= 11 is 0. The number of pyridine rings is 1. The number of amides is 1. The monoisotopic (exact) mass is 292 g/mol. The number of carbonyl (C=O) groups excluding carboxylic acids is 1. The van der Waals surface area contributed by atoms with Crippen molar-refractivity contribution in [3.63, 3.8) is 0 Å². The minimum atomic E-state index is -4.64. The Morgan fingerprint density at radius 3 is 2.58 bits per heavy atom. The molecule has 0 spiro atoms. The number of nitrogens with two attached hydrogens (primary N) is 1. The van der Waals surface area contributed by atoms with E-state index in [2.05, 4.69) is 4.18 Å². The van der Waals surface area contributed by atoms with Crippen molar-refractivity contribution in [3.05, 3.63) is 27.5 Å². The quantitative estimate of drug-likeness (QED) is 0.576. The van der Waals surface area contributed by atoms with Crippen molar-refractivity contribution in [3.8, 4) is 5.88 Å². The molecule has 0 bridgehead atoms. The first-order valence-corrected chi connectivity index (χ1v) is 6.35. The number of rotatable bonds is 5. The number of hydrogen-bond donors (Lipinski definition) is 3. The van der Waals surface area contributed by atoms with Crippen LogP contribution in [0.2, 0.25) is 0 Å². The van der Waals surface area contributed by atoms with Crippen LogP contribution in [0.25, 0.3) is 0 Å². The number of aryl methyl sites for hydroxylation is 1. The molecule has 0 radical (unpaired) electrons. The fourth-order valence-electron chi connectivity index (χ4n) is 1.51. The van der Waals surface area contributed by atoms with Crippen molar-refractivity contribution in [2.75, 3.05) is 6.61 Å². The van der Waals surface area contributed by atoms with Crippen molar-refractivity contribution in [1.82, 2.24) is 4.57 Å². The Labute approximate surface area is 108 Å². The van der Waals surface area contributed by atoms with Crippen molar-refractivity contribution in [1.29, 1.82) is 0 Å². The Bertz CT molecular complexity index is 662. The van der Waals surface area contributed by atoms with Gasteiger partial charge in [0.15, 0.2) is 0 Å². The maximum absolute atomic E-state index is 11.6. The van der Waals surface area contributed by atoms with Crippen LogP contribution in [0, 0.1) is 6.92 Å². The summed E-state index contributed by atoms with van der Waals surface area (Å²) in [5.41, 5.74) is 4.34. The summed E-state index contributed by atoms with van der Waals surface area (Å²) in [6, 6.07) is 1.06. The van der Waals surface area contributed by atoms with Gasteiger partial charge in [0.25, 0.3) is 11.5 Å². The second-order valence-electron chi connectivity index (χ2n) is 3.63. The maximum atomic E-state index is 11.6. The molecule has 4 N–H and O–H groups in total. The van der Waals surface area contributed by atoms with Gasteiger partial charge in [-0.2, -0.15) is 8.42 Å². The molecule has 1 heterocycles. The molecule has 106 valence electrons. The molecule has 1 aromatic heterocycles. The zero-order valence-electron chi connectivity index (χ0n) is 9.86. The van der Waals surface area contributed by atoms with E-state index in [0.29, 0.717) is 4.57 Å². The molecule has 0 fully saturated rings. The van der Waals surface area contributed by atoms with E-state index in [4.69, 9.17) is 10.3 Å². The number of aromatic hydroxyl groups is 1. The summed E-state index contributed by atoms with van der Waals surface area (Å²) in [6.07, 6.45) is 0. The van der Waals surface area contributed by atoms with Crippen LogP contribution < -0.4 is 11.3 Å². The zero-order valence-corrected chi connectivity index (χ0v) is 10.7. The highest BCUT2D eigenvalue weighted by molar-refractivity contribution is 7.80. The summed E-state index contributed by atoms with van der Waals surface area (Å²) in [5.74, 6) is -1.61. The van der Waals surface area contributed by atoms with E-state index in [1.165, 1.54) is 6.92 Å². The topological polar surface area (TPSA) is 149 Å². The zero-order chi connectivity index (χ0) is 14.8. The third-order valence-corrected chi connectivity index (χ3v) is 2.74. The summed E-state index contributed by atoms with van der Waals surface area (Å²) in [4.78, 5) is 22.7. The van der Waals surface area contributed by atoms with Gasteiger partial charge in [-0.25, -0.2) is 4.18 Å². The van der Waals surface area contributed by atoms with Gasteiger partial charge >= 0.3 is 10.4 Å². The molecule has 1 aromatic rings. The Balaban J connectivity index is 3.12. The second kappa shape index (κ2) is 5.38. The lowest BCUT2D eigenvalue weighted by molar-refractivity contribution is 0.0995. The molecular weight excluding hydrogens is 280 g/mol. The van der Waals surface area contributed by atoms with Gasteiger partial charge < -0.3 is 10.8 Å². The number of primary amides is 1. The third-order valence-electron chi connectivity index (χ3n) is 2.27. The van der Waals surface area contributed by atoms with Gasteiger partial charge in [-0.1, -0.05) is 0 Å². The normalized spacial score (nSPS) is 11.5. The first-order chi connectivity index (χ1) is 8.63. The molecule has 0 saturated heterocycles. The third kappa shape index (κ3) is 3.77. The predicted molar refractivity (Wildman–Crippen MR) is 63.1 cm³/mol. The van der Waals surface area contributed by atoms with Crippen molar-refractivity contribution in [2.45, 2.75) is 13.5 Å². The molecule has 0 saturated carbocycles. The molecule has 9 nitrogen and oxygen atoms in total. The molecule has 0 atom stereocenters. The summed E-state index contributed by atoms with van der Waals surface area (Å²) in [7, 11) is -4.64. The van der Waals surface area contributed by atoms with E-state index in [1.807, 2.05) is 0 Å². The van der Waals surface area contributed by atoms with Crippen LogP contribution in [-0.2, 0) is 21.1 Å². The fraction of sp³-hybridized carbons (Fsp3) is 0.333. The summed E-state index contributed by atoms with van der Waals surface area (Å²) in [6.45, 7) is 0.443. The molecule has 1 amide bonds. The van der Waals surface area contributed by atoms with E-state index in [1.54, 1.807) is 0 Å². The number of aromatic nitrogens is 1. The van der Waals surface area contributed by atoms with Gasteiger partial charge in [0.1, 0.15) is 5.56 Å². The lowest BCUT2D eigenvalue weighted by Gasteiger charge is -2.12. The Morgan fingerprint density at radius 2 is 2.11 bits per heavy atom. The molecule has 0 aliphatic carbocycles. The summed E-state index contributed by atoms with van der Waals surface area (Å²) in [5, 5.41) is 9.74. The van der Waals surface area contributed by atoms with Gasteiger partial charge in [0.05, 0.1) is 13.2 Å². The average Bonchev–Trinajstić information content (AvgIpc) is 2.20. The van der Waals surface area contributed by atoms with Gasteiger partial charge in [-0.15, -0.1) is 0 Å². The van der Waals surface area contributed by atoms with Crippen LogP contribution in [0.1, 0.15) is 15.9 Å². The number of nitrogens with zero attached hydrogens (tertiary/aromatic N) is 1. The van der Waals surface area contributed by atoms with Gasteiger partial charge in [0, 0.05) is 6.07 Å². The molecule has 0 aromatic carbocycles. The van der Waals surface area contributed by atoms with Crippen LogP contribution in [0.15, 0.2) is 10.9 Å². The SMILES string of the molecule is Cc1cc(=O)n(CCOS(=O)(=O)O)c(O)c1C(N)=O. The smallest absolute Gasteiger partial charge is 0.397 e. The molecule has 0 aliphatic heterocycles. The fourth-order valence-corrected chi connectivity index (χ4v) is 1.79. The van der Waals surface area contributed by atoms with E-state index in [-0.39, 0.29) is 17.7 Å². The highest BCUT2D eigenvalue weighted by Crippen LogP contribution is 2.17. The molecule has 0 aliphatic rings. The van der Waals surface area contributed by atoms with Gasteiger partial charge in [0.2, 0.25) is 5.88 Å². The van der Waals surface area contributed by atoms with Crippen LogP contribution in [0.3, 0.4) is 0 Å². The van der Waals surface area contributed by atoms with E-state index < -0.39 is 34.4 Å². The Morgan fingerprint density at radius 1 is 1.53 bits per heavy atom. The van der Waals surface area contributed by atoms with E-state index in [0.717, 1.165) is 6.07 Å². The van der Waals surface area contributed by atoms with Gasteiger partial charge in [-0.3, -0.25) is 18.7 Å². The van der Waals surface area contributed by atoms with Gasteiger partial charge in [-0.05, 0) is 12.5 Å². The largest absolute Gasteiger partial charge is 0.494 e. The molecule has 1 rings (SSSR count). The highest BCUT2D eigenvalue weighted by Gasteiger charge is 2.17. The molecule has 19 heavy (non-hydrogen) atoms. The Hall–Kier alpha value is -1.91. The lowest BCUT2D eigenvalue weighted by atomic mass is 10.1. The molecule has 10 heteroatoms. The second-order valence-corrected chi connectivity index (χ2v) is 4.72. The minimum absolute atomic E-state index is 0.196. The highest BCUT2D eigenvalue weighted by atomic mass is 32.3. The van der Waals surface area contributed by atoms with E-state index in [9.17, 15) is 23.1 Å².